The van der Waals surface area contributed by atoms with Crippen LogP contribution in [0.3, 0.4) is 0 Å². The van der Waals surface area contributed by atoms with E-state index in [4.69, 9.17) is 11.6 Å². The Morgan fingerprint density at radius 1 is 1.03 bits per heavy atom. The Hall–Kier alpha value is -2.76. The number of benzene rings is 3. The van der Waals surface area contributed by atoms with Gasteiger partial charge in [0.25, 0.3) is 10.0 Å². The molecule has 2 N–H and O–H groups in total. The van der Waals surface area contributed by atoms with Crippen LogP contribution in [0.15, 0.2) is 77.7 Å². The van der Waals surface area contributed by atoms with E-state index in [1.807, 2.05) is 62.4 Å². The summed E-state index contributed by atoms with van der Waals surface area (Å²) in [5.74, 6) is 0.469. The molecule has 3 aromatic rings. The van der Waals surface area contributed by atoms with Gasteiger partial charge in [0.2, 0.25) is 0 Å². The maximum Gasteiger partial charge on any atom is 0.261 e. The highest BCUT2D eigenvalue weighted by Gasteiger charge is 2.38. The zero-order valence-electron chi connectivity index (χ0n) is 18.0. The molecule has 1 heterocycles. The third kappa shape index (κ3) is 3.80. The number of sulfonamides is 1. The van der Waals surface area contributed by atoms with Crippen LogP contribution in [0, 0.1) is 19.8 Å². The molecule has 3 aromatic carbocycles. The quantitative estimate of drug-likeness (QED) is 0.428. The molecule has 0 unspecified atom stereocenters. The molecular weight excluding hydrogens is 440 g/mol. The first kappa shape index (κ1) is 21.1. The molecule has 1 aliphatic heterocycles. The first-order valence-electron chi connectivity index (χ1n) is 10.7. The summed E-state index contributed by atoms with van der Waals surface area (Å²) in [7, 11) is -3.71. The van der Waals surface area contributed by atoms with E-state index in [9.17, 15) is 8.42 Å². The van der Waals surface area contributed by atoms with Crippen LogP contribution in [0.25, 0.3) is 0 Å². The Labute approximate surface area is 194 Å². The molecule has 5 rings (SSSR count). The molecule has 32 heavy (non-hydrogen) atoms. The molecule has 0 fully saturated rings. The molecule has 0 saturated heterocycles. The van der Waals surface area contributed by atoms with Crippen LogP contribution in [0.4, 0.5) is 11.4 Å². The summed E-state index contributed by atoms with van der Waals surface area (Å²) < 4.78 is 29.2. The van der Waals surface area contributed by atoms with Crippen LogP contribution in [-0.2, 0) is 10.0 Å². The van der Waals surface area contributed by atoms with Crippen molar-refractivity contribution in [3.05, 3.63) is 100 Å². The van der Waals surface area contributed by atoms with Gasteiger partial charge >= 0.3 is 0 Å². The van der Waals surface area contributed by atoms with E-state index in [0.29, 0.717) is 11.6 Å². The number of hydrogen-bond donors (Lipinski definition) is 2. The van der Waals surface area contributed by atoms with E-state index >= 15 is 0 Å². The average Bonchev–Trinajstić information content (AvgIpc) is 3.25. The van der Waals surface area contributed by atoms with Crippen LogP contribution in [0.2, 0.25) is 5.02 Å². The summed E-state index contributed by atoms with van der Waals surface area (Å²) in [5.41, 5.74) is 5.64. The maximum absolute atomic E-state index is 13.2. The summed E-state index contributed by atoms with van der Waals surface area (Å²) in [6.45, 7) is 3.85. The van der Waals surface area contributed by atoms with Gasteiger partial charge in [0, 0.05) is 16.6 Å². The predicted molar refractivity (Wildman–Crippen MR) is 131 cm³/mol. The van der Waals surface area contributed by atoms with Crippen LogP contribution >= 0.6 is 11.6 Å². The van der Waals surface area contributed by atoms with E-state index in [0.717, 1.165) is 39.4 Å². The minimum absolute atomic E-state index is 0.122. The number of hydrogen-bond acceptors (Lipinski definition) is 3. The summed E-state index contributed by atoms with van der Waals surface area (Å²) in [5, 5.41) is 4.36. The van der Waals surface area contributed by atoms with Crippen molar-refractivity contribution in [2.75, 3.05) is 10.0 Å². The van der Waals surface area contributed by atoms with Gasteiger partial charge in [-0.2, -0.15) is 0 Å². The fourth-order valence-corrected chi connectivity index (χ4v) is 6.17. The fraction of sp³-hybridized carbons (Fsp3) is 0.231. The van der Waals surface area contributed by atoms with Crippen molar-refractivity contribution in [2.45, 2.75) is 37.1 Å². The van der Waals surface area contributed by atoms with Gasteiger partial charge in [-0.3, -0.25) is 4.72 Å². The molecule has 2 aliphatic rings. The van der Waals surface area contributed by atoms with Gasteiger partial charge in [-0.05, 0) is 84.8 Å². The zero-order chi connectivity index (χ0) is 22.5. The van der Waals surface area contributed by atoms with Crippen LogP contribution in [0.5, 0.6) is 0 Å². The molecule has 4 nitrogen and oxygen atoms in total. The largest absolute Gasteiger partial charge is 0.378 e. The Balaban J connectivity index is 1.50. The number of aryl methyl sites for hydroxylation is 2. The fourth-order valence-electron chi connectivity index (χ4n) is 4.82. The smallest absolute Gasteiger partial charge is 0.261 e. The molecule has 0 radical (unpaired) electrons. The lowest BCUT2D eigenvalue weighted by molar-refractivity contribution is 0.425. The number of rotatable bonds is 4. The van der Waals surface area contributed by atoms with Crippen LogP contribution in [-0.4, -0.2) is 8.42 Å². The normalized spacial score (nSPS) is 21.5. The monoisotopic (exact) mass is 464 g/mol. The van der Waals surface area contributed by atoms with Gasteiger partial charge in [-0.1, -0.05) is 48.0 Å². The summed E-state index contributed by atoms with van der Waals surface area (Å²) in [6.07, 6.45) is 5.33. The number of allylic oxidation sites excluding steroid dienone is 2. The molecule has 3 atom stereocenters. The third-order valence-electron chi connectivity index (χ3n) is 6.49. The average molecular weight is 465 g/mol. The minimum Gasteiger partial charge on any atom is -0.378 e. The van der Waals surface area contributed by atoms with Gasteiger partial charge in [0.05, 0.1) is 16.6 Å². The van der Waals surface area contributed by atoms with Gasteiger partial charge in [-0.15, -0.1) is 0 Å². The number of nitrogens with one attached hydrogen (secondary N) is 2. The van der Waals surface area contributed by atoms with Crippen molar-refractivity contribution in [2.24, 2.45) is 5.92 Å². The van der Waals surface area contributed by atoms with Crippen molar-refractivity contribution in [1.82, 2.24) is 0 Å². The van der Waals surface area contributed by atoms with Crippen LogP contribution < -0.4 is 10.0 Å². The van der Waals surface area contributed by atoms with Gasteiger partial charge in [0.1, 0.15) is 0 Å². The first-order valence-corrected chi connectivity index (χ1v) is 12.6. The summed E-state index contributed by atoms with van der Waals surface area (Å²) >= 11 is 6.25. The zero-order valence-corrected chi connectivity index (χ0v) is 19.5. The molecule has 1 aliphatic carbocycles. The van der Waals surface area contributed by atoms with E-state index < -0.39 is 10.0 Å². The van der Waals surface area contributed by atoms with Crippen molar-refractivity contribution in [1.29, 1.82) is 0 Å². The van der Waals surface area contributed by atoms with Crippen molar-refractivity contribution in [3.63, 3.8) is 0 Å². The topological polar surface area (TPSA) is 58.2 Å². The number of anilines is 2. The number of halogens is 1. The lowest BCUT2D eigenvalue weighted by Crippen LogP contribution is -2.29. The van der Waals surface area contributed by atoms with Crippen LogP contribution in [0.1, 0.15) is 40.6 Å². The molecule has 6 heteroatoms. The third-order valence-corrected chi connectivity index (χ3v) is 8.09. The second-order valence-electron chi connectivity index (χ2n) is 8.70. The maximum atomic E-state index is 13.2. The lowest BCUT2D eigenvalue weighted by Gasteiger charge is -2.37. The standard InChI is InChI=1S/C26H25ClN2O2S/c1-16-9-10-17(2)25(13-16)29-32(30,31)20-11-12-24-23(15-20)21-7-4-8-22(21)26(28-24)18-5-3-6-19(27)14-18/h3-7,9-15,21-22,26,28-29H,8H2,1-2H3/t21-,22+,26+/m0/s1. The molecule has 0 spiro atoms. The van der Waals surface area contributed by atoms with Crippen molar-refractivity contribution in [3.8, 4) is 0 Å². The van der Waals surface area contributed by atoms with E-state index in [1.165, 1.54) is 0 Å². The molecule has 0 aromatic heterocycles. The number of fused-ring (bicyclic) bond motifs is 3. The van der Waals surface area contributed by atoms with Crippen molar-refractivity contribution < 1.29 is 8.42 Å². The Morgan fingerprint density at radius 2 is 1.88 bits per heavy atom. The molecule has 164 valence electrons. The van der Waals surface area contributed by atoms with Gasteiger partial charge in [-0.25, -0.2) is 8.42 Å². The van der Waals surface area contributed by atoms with Gasteiger partial charge in [0.15, 0.2) is 0 Å². The Bertz CT molecular complexity index is 1330. The second-order valence-corrected chi connectivity index (χ2v) is 10.8. The lowest BCUT2D eigenvalue weighted by atomic mass is 9.77. The summed E-state index contributed by atoms with van der Waals surface area (Å²) in [6, 6.07) is 19.2. The molecule has 0 amide bonds. The van der Waals surface area contributed by atoms with E-state index in [2.05, 4.69) is 28.3 Å². The van der Waals surface area contributed by atoms with Gasteiger partial charge < -0.3 is 5.32 Å². The Kier molecular flexibility index (Phi) is 5.26. The predicted octanol–water partition coefficient (Wildman–Crippen LogP) is 6.58. The molecular formula is C26H25ClN2O2S. The van der Waals surface area contributed by atoms with Crippen molar-refractivity contribution >= 4 is 33.0 Å². The minimum atomic E-state index is -3.71. The second kappa shape index (κ2) is 7.98. The summed E-state index contributed by atoms with van der Waals surface area (Å²) in [4.78, 5) is 0.277. The SMILES string of the molecule is Cc1ccc(C)c(NS(=O)(=O)c2ccc3c(c2)[C@H]2C=CC[C@H]2[C@@H](c2cccc(Cl)c2)N3)c1. The highest BCUT2D eigenvalue weighted by atomic mass is 35.5. The Morgan fingerprint density at radius 3 is 2.69 bits per heavy atom. The first-order chi connectivity index (χ1) is 15.3. The van der Waals surface area contributed by atoms with E-state index in [1.54, 1.807) is 6.07 Å². The van der Waals surface area contributed by atoms with E-state index in [-0.39, 0.29) is 16.9 Å². The highest BCUT2D eigenvalue weighted by Crippen LogP contribution is 2.50. The molecule has 0 bridgehead atoms. The molecule has 0 saturated carbocycles. The highest BCUT2D eigenvalue weighted by molar-refractivity contribution is 7.92.